The molecule has 2 aromatic rings. The molecule has 2 aromatic heterocycles. The number of hydrogen-bond donors (Lipinski definition) is 1. The number of piperidine rings is 1. The fourth-order valence-electron chi connectivity index (χ4n) is 2.03. The van der Waals surface area contributed by atoms with Crippen LogP contribution >= 0.6 is 11.6 Å². The van der Waals surface area contributed by atoms with Gasteiger partial charge >= 0.3 is 0 Å². The van der Waals surface area contributed by atoms with Crippen molar-refractivity contribution in [2.24, 2.45) is 0 Å². The third-order valence-corrected chi connectivity index (χ3v) is 3.33. The van der Waals surface area contributed by atoms with Gasteiger partial charge in [-0.2, -0.15) is 0 Å². The van der Waals surface area contributed by atoms with Crippen LogP contribution in [0.5, 0.6) is 0 Å². The van der Waals surface area contributed by atoms with Crippen LogP contribution < -0.4 is 5.32 Å². The van der Waals surface area contributed by atoms with Crippen molar-refractivity contribution in [1.29, 1.82) is 0 Å². The van der Waals surface area contributed by atoms with Crippen molar-refractivity contribution in [2.45, 2.75) is 38.6 Å². The Kier molecular flexibility index (Phi) is 4.08. The molecule has 1 unspecified atom stereocenters. The third-order valence-electron chi connectivity index (χ3n) is 3.04. The van der Waals surface area contributed by atoms with E-state index in [0.29, 0.717) is 5.02 Å². The van der Waals surface area contributed by atoms with Gasteiger partial charge in [-0.1, -0.05) is 24.9 Å². The molecule has 1 saturated heterocycles. The minimum Gasteiger partial charge on any atom is -0.456 e. The van der Waals surface area contributed by atoms with E-state index < -0.39 is 0 Å². The second-order valence-corrected chi connectivity index (χ2v) is 4.66. The predicted octanol–water partition coefficient (Wildman–Crippen LogP) is 4.06. The van der Waals surface area contributed by atoms with E-state index in [1.165, 1.54) is 32.2 Å². The first kappa shape index (κ1) is 11.7. The highest BCUT2D eigenvalue weighted by Crippen LogP contribution is 2.25. The predicted molar refractivity (Wildman–Crippen MR) is 68.3 cm³/mol. The van der Waals surface area contributed by atoms with Gasteiger partial charge in [0.2, 0.25) is 0 Å². The first-order valence-corrected chi connectivity index (χ1v) is 6.38. The lowest BCUT2D eigenvalue weighted by Crippen LogP contribution is -2.32. The maximum Gasteiger partial charge on any atom is 0.146 e. The van der Waals surface area contributed by atoms with E-state index in [9.17, 15) is 0 Å². The average Bonchev–Trinajstić information content (AvgIpc) is 2.92. The van der Waals surface area contributed by atoms with Crippen molar-refractivity contribution in [3.63, 3.8) is 0 Å². The number of halogens is 1. The van der Waals surface area contributed by atoms with Crippen molar-refractivity contribution in [3.8, 4) is 0 Å². The van der Waals surface area contributed by atoms with E-state index in [0.717, 1.165) is 17.2 Å². The Morgan fingerprint density at radius 3 is 2.62 bits per heavy atom. The molecule has 0 saturated carbocycles. The highest BCUT2D eigenvalue weighted by Gasteiger charge is 2.08. The van der Waals surface area contributed by atoms with Gasteiger partial charge in [0.25, 0.3) is 0 Å². The summed E-state index contributed by atoms with van der Waals surface area (Å²) in [5.74, 6) is 0. The molecule has 3 heterocycles. The normalized spacial score (nSPS) is 20.8. The van der Waals surface area contributed by atoms with Crippen LogP contribution in [0.25, 0.3) is 11.2 Å². The lowest BCUT2D eigenvalue weighted by Gasteiger charge is -2.21. The number of fused-ring (bicyclic) bond motifs is 2. The van der Waals surface area contributed by atoms with Gasteiger partial charge in [-0.3, -0.25) is 0 Å². The summed E-state index contributed by atoms with van der Waals surface area (Å²) in [7, 11) is 0. The molecule has 0 radical (unpaired) electrons. The highest BCUT2D eigenvalue weighted by atomic mass is 35.5. The first-order valence-electron chi connectivity index (χ1n) is 6.00. The van der Waals surface area contributed by atoms with Crippen molar-refractivity contribution in [2.75, 3.05) is 6.54 Å². The standard InChI is InChI=1S/C7H15N.C6H3ClO/c1-2-7-5-3-4-6-8-7;7-5-3-4-1-2-6(5)8-4/h7-8H,2-6H2,1H3;1-3H. The number of benzene rings is 1. The topological polar surface area (TPSA) is 25.2 Å². The summed E-state index contributed by atoms with van der Waals surface area (Å²) < 4.78 is 5.08. The van der Waals surface area contributed by atoms with Crippen LogP contribution in [-0.4, -0.2) is 12.6 Å². The van der Waals surface area contributed by atoms with Gasteiger partial charge in [0, 0.05) is 12.1 Å². The van der Waals surface area contributed by atoms with E-state index in [-0.39, 0.29) is 0 Å². The smallest absolute Gasteiger partial charge is 0.146 e. The maximum absolute atomic E-state index is 5.64. The van der Waals surface area contributed by atoms with Crippen molar-refractivity contribution >= 4 is 22.8 Å². The van der Waals surface area contributed by atoms with Gasteiger partial charge in [0.05, 0.1) is 5.02 Å². The van der Waals surface area contributed by atoms with Crippen LogP contribution in [0.15, 0.2) is 22.6 Å². The zero-order valence-electron chi connectivity index (χ0n) is 9.63. The van der Waals surface area contributed by atoms with Gasteiger partial charge in [-0.25, -0.2) is 0 Å². The van der Waals surface area contributed by atoms with Crippen LogP contribution in [-0.2, 0) is 0 Å². The Labute approximate surface area is 101 Å². The molecule has 2 bridgehead atoms. The molecule has 0 amide bonds. The second kappa shape index (κ2) is 5.55. The molecule has 0 aliphatic carbocycles. The minimum atomic E-state index is 0.711. The summed E-state index contributed by atoms with van der Waals surface area (Å²) >= 11 is 5.64. The second-order valence-electron chi connectivity index (χ2n) is 4.25. The summed E-state index contributed by atoms with van der Waals surface area (Å²) in [4.78, 5) is 0. The number of hydrogen-bond acceptors (Lipinski definition) is 2. The van der Waals surface area contributed by atoms with Crippen LogP contribution in [0.2, 0.25) is 5.02 Å². The Morgan fingerprint density at radius 1 is 1.44 bits per heavy atom. The minimum absolute atomic E-state index is 0.711. The van der Waals surface area contributed by atoms with Gasteiger partial charge in [0.1, 0.15) is 11.2 Å². The molecule has 0 aromatic carbocycles. The van der Waals surface area contributed by atoms with Crippen molar-refractivity contribution in [3.05, 3.63) is 23.2 Å². The van der Waals surface area contributed by atoms with Crippen LogP contribution in [0.4, 0.5) is 0 Å². The number of rotatable bonds is 1. The van der Waals surface area contributed by atoms with Crippen LogP contribution in [0, 0.1) is 0 Å². The summed E-state index contributed by atoms with van der Waals surface area (Å²) in [6.45, 7) is 3.50. The van der Waals surface area contributed by atoms with Gasteiger partial charge in [-0.05, 0) is 37.9 Å². The lowest BCUT2D eigenvalue weighted by molar-refractivity contribution is 0.393. The summed E-state index contributed by atoms with van der Waals surface area (Å²) in [6.07, 6.45) is 5.53. The van der Waals surface area contributed by atoms with Crippen molar-refractivity contribution < 1.29 is 4.42 Å². The SMILES string of the molecule is CCC1CCCCN1.Clc1cc2ccc1o2. The molecule has 1 aliphatic heterocycles. The number of nitrogens with one attached hydrogen (secondary N) is 1. The first-order chi connectivity index (χ1) is 7.79. The van der Waals surface area contributed by atoms with Crippen molar-refractivity contribution in [1.82, 2.24) is 5.32 Å². The highest BCUT2D eigenvalue weighted by molar-refractivity contribution is 6.34. The van der Waals surface area contributed by atoms with Crippen LogP contribution in [0.3, 0.4) is 0 Å². The molecule has 1 N–H and O–H groups in total. The van der Waals surface area contributed by atoms with E-state index in [1.807, 2.05) is 12.1 Å². The summed E-state index contributed by atoms with van der Waals surface area (Å²) in [5, 5.41) is 4.18. The van der Waals surface area contributed by atoms with E-state index >= 15 is 0 Å². The Hall–Kier alpha value is -0.730. The van der Waals surface area contributed by atoms with E-state index in [4.69, 9.17) is 16.0 Å². The van der Waals surface area contributed by atoms with E-state index in [2.05, 4.69) is 12.2 Å². The molecule has 88 valence electrons. The largest absolute Gasteiger partial charge is 0.456 e. The Balaban J connectivity index is 0.000000120. The van der Waals surface area contributed by atoms with Gasteiger partial charge in [-0.15, -0.1) is 0 Å². The van der Waals surface area contributed by atoms with Crippen LogP contribution in [0.1, 0.15) is 32.6 Å². The molecule has 1 aliphatic rings. The fourth-order valence-corrected chi connectivity index (χ4v) is 2.24. The third kappa shape index (κ3) is 2.89. The zero-order valence-corrected chi connectivity index (χ0v) is 10.4. The van der Waals surface area contributed by atoms with Gasteiger partial charge in [0.15, 0.2) is 0 Å². The Bertz CT molecular complexity index is 406. The maximum atomic E-state index is 5.64. The summed E-state index contributed by atoms with van der Waals surface area (Å²) in [5.41, 5.74) is 1.63. The van der Waals surface area contributed by atoms with Gasteiger partial charge < -0.3 is 9.73 Å². The molecule has 16 heavy (non-hydrogen) atoms. The molecule has 1 fully saturated rings. The van der Waals surface area contributed by atoms with E-state index in [1.54, 1.807) is 6.07 Å². The Morgan fingerprint density at radius 2 is 2.31 bits per heavy atom. The molecule has 1 atom stereocenters. The average molecular weight is 240 g/mol. The quantitative estimate of drug-likeness (QED) is 0.812. The lowest BCUT2D eigenvalue weighted by atomic mass is 10.0. The number of furan rings is 2. The fraction of sp³-hybridized carbons (Fsp3) is 0.538. The molecule has 0 spiro atoms. The zero-order chi connectivity index (χ0) is 11.4. The molecule has 2 nitrogen and oxygen atoms in total. The molecular formula is C13H18ClNO. The monoisotopic (exact) mass is 239 g/mol. The molecular weight excluding hydrogens is 222 g/mol. The summed E-state index contributed by atoms with van der Waals surface area (Å²) in [6, 6.07) is 6.39. The molecule has 3 heteroatoms. The molecule has 3 rings (SSSR count).